The molecule has 0 atom stereocenters. The van der Waals surface area contributed by atoms with Gasteiger partial charge in [-0.1, -0.05) is 0 Å². The summed E-state index contributed by atoms with van der Waals surface area (Å²) in [5.41, 5.74) is 0. The smallest absolute Gasteiger partial charge is 0.211 e. The molecule has 0 radical (unpaired) electrons. The summed E-state index contributed by atoms with van der Waals surface area (Å²) >= 11 is 0. The Labute approximate surface area is 110 Å². The van der Waals surface area contributed by atoms with Crippen LogP contribution in [0.3, 0.4) is 0 Å². The molecule has 0 bridgehead atoms. The van der Waals surface area contributed by atoms with E-state index in [4.69, 9.17) is 0 Å². The second-order valence-corrected chi connectivity index (χ2v) is 7.52. The van der Waals surface area contributed by atoms with Gasteiger partial charge in [-0.3, -0.25) is 0 Å². The Morgan fingerprint density at radius 2 is 1.78 bits per heavy atom. The summed E-state index contributed by atoms with van der Waals surface area (Å²) in [5.74, 6) is 0.791. The maximum atomic E-state index is 11.4. The molecule has 0 aromatic heterocycles. The second kappa shape index (κ2) is 6.32. The summed E-state index contributed by atoms with van der Waals surface area (Å²) in [6.07, 6.45) is 5.70. The van der Waals surface area contributed by atoms with E-state index in [1.165, 1.54) is 19.1 Å². The van der Waals surface area contributed by atoms with Gasteiger partial charge < -0.3 is 10.6 Å². The maximum absolute atomic E-state index is 11.4. The van der Waals surface area contributed by atoms with E-state index in [0.29, 0.717) is 19.1 Å². The first-order valence-corrected chi connectivity index (χ1v) is 8.80. The van der Waals surface area contributed by atoms with Gasteiger partial charge in [0.1, 0.15) is 0 Å². The van der Waals surface area contributed by atoms with Gasteiger partial charge >= 0.3 is 0 Å². The predicted molar refractivity (Wildman–Crippen MR) is 73.0 cm³/mol. The third-order valence-corrected chi connectivity index (χ3v) is 5.38. The van der Waals surface area contributed by atoms with Crippen LogP contribution in [-0.2, 0) is 10.0 Å². The monoisotopic (exact) mass is 275 g/mol. The Hall–Kier alpha value is -0.170. The number of sulfonamides is 1. The largest absolute Gasteiger partial charge is 0.317 e. The van der Waals surface area contributed by atoms with Crippen molar-refractivity contribution in [3.05, 3.63) is 0 Å². The van der Waals surface area contributed by atoms with E-state index >= 15 is 0 Å². The number of hydrogen-bond acceptors (Lipinski definition) is 4. The maximum Gasteiger partial charge on any atom is 0.211 e. The predicted octanol–water partition coefficient (Wildman–Crippen LogP) is -0.000400. The van der Waals surface area contributed by atoms with Gasteiger partial charge in [-0.05, 0) is 51.2 Å². The first kappa shape index (κ1) is 14.2. The first-order chi connectivity index (χ1) is 8.55. The Morgan fingerprint density at radius 1 is 1.17 bits per heavy atom. The van der Waals surface area contributed by atoms with Crippen LogP contribution in [0.15, 0.2) is 0 Å². The lowest BCUT2D eigenvalue weighted by atomic mass is 9.97. The van der Waals surface area contributed by atoms with E-state index in [1.807, 2.05) is 0 Å². The molecule has 0 unspecified atom stereocenters. The quantitative estimate of drug-likeness (QED) is 0.758. The number of piperidine rings is 2. The van der Waals surface area contributed by atoms with Gasteiger partial charge in [0.15, 0.2) is 0 Å². The highest BCUT2D eigenvalue weighted by atomic mass is 32.2. The van der Waals surface area contributed by atoms with Crippen LogP contribution >= 0.6 is 0 Å². The van der Waals surface area contributed by atoms with Crippen LogP contribution in [0.5, 0.6) is 0 Å². The summed E-state index contributed by atoms with van der Waals surface area (Å²) in [7, 11) is -2.99. The van der Waals surface area contributed by atoms with Gasteiger partial charge in [0.05, 0.1) is 6.26 Å². The van der Waals surface area contributed by atoms with Crippen molar-refractivity contribution in [3.63, 3.8) is 0 Å². The third kappa shape index (κ3) is 4.19. The van der Waals surface area contributed by atoms with E-state index in [2.05, 4.69) is 10.6 Å². The van der Waals surface area contributed by atoms with Crippen LogP contribution < -0.4 is 10.6 Å². The van der Waals surface area contributed by atoms with Crippen molar-refractivity contribution in [1.29, 1.82) is 0 Å². The average Bonchev–Trinajstić information content (AvgIpc) is 2.37. The van der Waals surface area contributed by atoms with Crippen LogP contribution in [-0.4, -0.2) is 57.7 Å². The number of nitrogens with one attached hydrogen (secondary N) is 2. The fraction of sp³-hybridized carbons (Fsp3) is 1.00. The molecule has 0 aromatic rings. The van der Waals surface area contributed by atoms with Gasteiger partial charge in [0.2, 0.25) is 10.0 Å². The Bertz CT molecular complexity index is 344. The molecule has 0 spiro atoms. The highest BCUT2D eigenvalue weighted by Crippen LogP contribution is 2.15. The molecule has 18 heavy (non-hydrogen) atoms. The minimum absolute atomic E-state index is 0.498. The van der Waals surface area contributed by atoms with E-state index in [-0.39, 0.29) is 0 Å². The zero-order valence-electron chi connectivity index (χ0n) is 11.2. The Kier molecular flexibility index (Phi) is 5.00. The van der Waals surface area contributed by atoms with Gasteiger partial charge in [0, 0.05) is 19.1 Å². The molecular formula is C12H25N3O2S. The van der Waals surface area contributed by atoms with E-state index in [9.17, 15) is 8.42 Å². The SMILES string of the molecule is CS(=O)(=O)N1CCC(NCC2CCNCC2)CC1. The van der Waals surface area contributed by atoms with Crippen LogP contribution in [0.4, 0.5) is 0 Å². The lowest BCUT2D eigenvalue weighted by molar-refractivity contribution is 0.268. The molecule has 2 aliphatic heterocycles. The van der Waals surface area contributed by atoms with Crippen LogP contribution in [0.2, 0.25) is 0 Å². The molecule has 2 fully saturated rings. The normalized spacial score (nSPS) is 25.4. The van der Waals surface area contributed by atoms with E-state index < -0.39 is 10.0 Å². The number of rotatable bonds is 4. The summed E-state index contributed by atoms with van der Waals surface area (Å²) < 4.78 is 24.4. The topological polar surface area (TPSA) is 61.4 Å². The molecular weight excluding hydrogens is 250 g/mol. The lowest BCUT2D eigenvalue weighted by Gasteiger charge is -2.32. The van der Waals surface area contributed by atoms with Crippen LogP contribution in [0.25, 0.3) is 0 Å². The molecule has 2 heterocycles. The molecule has 0 amide bonds. The molecule has 0 aliphatic carbocycles. The average molecular weight is 275 g/mol. The third-order valence-electron chi connectivity index (χ3n) is 4.08. The fourth-order valence-corrected chi connectivity index (χ4v) is 3.68. The van der Waals surface area contributed by atoms with Crippen molar-refractivity contribution in [1.82, 2.24) is 14.9 Å². The minimum atomic E-state index is -2.99. The standard InChI is InChI=1S/C12H25N3O2S/c1-18(16,17)15-8-4-12(5-9-15)14-10-11-2-6-13-7-3-11/h11-14H,2-10H2,1H3. The zero-order chi connectivity index (χ0) is 13.0. The first-order valence-electron chi connectivity index (χ1n) is 6.95. The van der Waals surface area contributed by atoms with Crippen molar-refractivity contribution in [2.75, 3.05) is 39.0 Å². The molecule has 2 saturated heterocycles. The summed E-state index contributed by atoms with van der Waals surface area (Å²) in [5, 5.41) is 6.99. The van der Waals surface area contributed by atoms with E-state index in [1.54, 1.807) is 4.31 Å². The van der Waals surface area contributed by atoms with Gasteiger partial charge in [0.25, 0.3) is 0 Å². The molecule has 5 nitrogen and oxygen atoms in total. The molecule has 0 aromatic carbocycles. The molecule has 2 aliphatic rings. The zero-order valence-corrected chi connectivity index (χ0v) is 12.0. The number of hydrogen-bond donors (Lipinski definition) is 2. The van der Waals surface area contributed by atoms with E-state index in [0.717, 1.165) is 38.4 Å². The van der Waals surface area contributed by atoms with Crippen molar-refractivity contribution >= 4 is 10.0 Å². The molecule has 2 rings (SSSR count). The van der Waals surface area contributed by atoms with Crippen molar-refractivity contribution in [3.8, 4) is 0 Å². The van der Waals surface area contributed by atoms with Crippen LogP contribution in [0.1, 0.15) is 25.7 Å². The Morgan fingerprint density at radius 3 is 2.33 bits per heavy atom. The van der Waals surface area contributed by atoms with Gasteiger partial charge in [-0.25, -0.2) is 12.7 Å². The molecule has 6 heteroatoms. The van der Waals surface area contributed by atoms with Gasteiger partial charge in [-0.15, -0.1) is 0 Å². The fourth-order valence-electron chi connectivity index (χ4n) is 2.81. The minimum Gasteiger partial charge on any atom is -0.317 e. The molecule has 2 N–H and O–H groups in total. The second-order valence-electron chi connectivity index (χ2n) is 5.54. The van der Waals surface area contributed by atoms with Crippen LogP contribution in [0, 0.1) is 5.92 Å². The molecule has 0 saturated carbocycles. The summed E-state index contributed by atoms with van der Waals surface area (Å²) in [6.45, 7) is 4.70. The van der Waals surface area contributed by atoms with Crippen molar-refractivity contribution < 1.29 is 8.42 Å². The summed E-state index contributed by atoms with van der Waals surface area (Å²) in [6, 6.07) is 0.498. The van der Waals surface area contributed by atoms with Gasteiger partial charge in [-0.2, -0.15) is 0 Å². The molecule has 106 valence electrons. The van der Waals surface area contributed by atoms with Crippen molar-refractivity contribution in [2.24, 2.45) is 5.92 Å². The van der Waals surface area contributed by atoms with Crippen molar-refractivity contribution in [2.45, 2.75) is 31.7 Å². The lowest BCUT2D eigenvalue weighted by Crippen LogP contribution is -2.46. The highest BCUT2D eigenvalue weighted by molar-refractivity contribution is 7.88. The summed E-state index contributed by atoms with van der Waals surface area (Å²) in [4.78, 5) is 0. The highest BCUT2D eigenvalue weighted by Gasteiger charge is 2.25. The number of nitrogens with zero attached hydrogens (tertiary/aromatic N) is 1. The Balaban J connectivity index is 1.67.